The molecule has 4 nitrogen and oxygen atoms in total. The highest BCUT2D eigenvalue weighted by atomic mass is 16.5. The summed E-state index contributed by atoms with van der Waals surface area (Å²) in [5.74, 6) is 1.40. The minimum absolute atomic E-state index is 0.0596. The molecule has 2 rings (SSSR count). The lowest BCUT2D eigenvalue weighted by molar-refractivity contribution is -0.117. The van der Waals surface area contributed by atoms with Gasteiger partial charge in [0.25, 0.3) is 0 Å². The van der Waals surface area contributed by atoms with E-state index in [4.69, 9.17) is 10.5 Å². The van der Waals surface area contributed by atoms with E-state index in [1.807, 2.05) is 0 Å². The zero-order chi connectivity index (χ0) is 11.7. The SMILES string of the molecule is COc1ccc(NC(=O)C2CC2C)c(N)c1. The molecule has 16 heavy (non-hydrogen) atoms. The summed E-state index contributed by atoms with van der Waals surface area (Å²) in [4.78, 5) is 11.7. The van der Waals surface area contributed by atoms with Crippen LogP contribution in [0.15, 0.2) is 18.2 Å². The molecule has 1 aromatic rings. The number of nitrogen functional groups attached to an aromatic ring is 1. The molecule has 86 valence electrons. The molecular formula is C12H16N2O2. The van der Waals surface area contributed by atoms with E-state index in [2.05, 4.69) is 12.2 Å². The van der Waals surface area contributed by atoms with E-state index < -0.39 is 0 Å². The summed E-state index contributed by atoms with van der Waals surface area (Å²) in [5, 5.41) is 2.83. The van der Waals surface area contributed by atoms with Crippen molar-refractivity contribution in [3.8, 4) is 5.75 Å². The van der Waals surface area contributed by atoms with E-state index in [9.17, 15) is 4.79 Å². The highest BCUT2D eigenvalue weighted by molar-refractivity contribution is 5.97. The second kappa shape index (κ2) is 4.04. The fourth-order valence-corrected chi connectivity index (χ4v) is 1.69. The van der Waals surface area contributed by atoms with Gasteiger partial charge in [-0.05, 0) is 24.5 Å². The van der Waals surface area contributed by atoms with E-state index in [1.54, 1.807) is 25.3 Å². The van der Waals surface area contributed by atoms with Gasteiger partial charge >= 0.3 is 0 Å². The molecule has 1 amide bonds. The lowest BCUT2D eigenvalue weighted by Crippen LogP contribution is -2.15. The second-order valence-corrected chi connectivity index (χ2v) is 4.26. The van der Waals surface area contributed by atoms with E-state index in [-0.39, 0.29) is 11.8 Å². The maximum atomic E-state index is 11.7. The van der Waals surface area contributed by atoms with Crippen molar-refractivity contribution in [3.05, 3.63) is 18.2 Å². The Balaban J connectivity index is 2.06. The first kappa shape index (κ1) is 10.8. The van der Waals surface area contributed by atoms with Crippen LogP contribution in [0.1, 0.15) is 13.3 Å². The average Bonchev–Trinajstić information content (AvgIpc) is 2.98. The van der Waals surface area contributed by atoms with Gasteiger partial charge in [-0.25, -0.2) is 0 Å². The summed E-state index contributed by atoms with van der Waals surface area (Å²) in [6, 6.07) is 5.24. The molecule has 2 unspecified atom stereocenters. The number of hydrogen-bond donors (Lipinski definition) is 2. The van der Waals surface area contributed by atoms with Crippen LogP contribution in [0.4, 0.5) is 11.4 Å². The number of anilines is 2. The smallest absolute Gasteiger partial charge is 0.227 e. The molecule has 4 heteroatoms. The van der Waals surface area contributed by atoms with Crippen molar-refractivity contribution < 1.29 is 9.53 Å². The first-order valence-corrected chi connectivity index (χ1v) is 5.36. The van der Waals surface area contributed by atoms with Gasteiger partial charge in [0.15, 0.2) is 0 Å². The van der Waals surface area contributed by atoms with Gasteiger partial charge in [0.1, 0.15) is 5.75 Å². The van der Waals surface area contributed by atoms with Gasteiger partial charge in [0.2, 0.25) is 5.91 Å². The molecule has 1 aliphatic rings. The summed E-state index contributed by atoms with van der Waals surface area (Å²) >= 11 is 0. The molecule has 1 saturated carbocycles. The number of nitrogens with one attached hydrogen (secondary N) is 1. The lowest BCUT2D eigenvalue weighted by atomic mass is 10.2. The summed E-state index contributed by atoms with van der Waals surface area (Å²) in [5.41, 5.74) is 6.99. The van der Waals surface area contributed by atoms with E-state index >= 15 is 0 Å². The molecule has 0 spiro atoms. The van der Waals surface area contributed by atoms with Gasteiger partial charge in [-0.2, -0.15) is 0 Å². The Morgan fingerprint density at radius 3 is 2.75 bits per heavy atom. The van der Waals surface area contributed by atoms with Crippen molar-refractivity contribution in [2.24, 2.45) is 11.8 Å². The maximum absolute atomic E-state index is 11.7. The summed E-state index contributed by atoms with van der Waals surface area (Å²) < 4.78 is 5.04. The molecule has 0 radical (unpaired) electrons. The zero-order valence-corrected chi connectivity index (χ0v) is 9.49. The van der Waals surface area contributed by atoms with Crippen molar-refractivity contribution in [2.75, 3.05) is 18.2 Å². The number of amides is 1. The van der Waals surface area contributed by atoms with Gasteiger partial charge in [-0.3, -0.25) is 4.79 Å². The Hall–Kier alpha value is -1.71. The largest absolute Gasteiger partial charge is 0.497 e. The predicted octanol–water partition coefficient (Wildman–Crippen LogP) is 1.87. The molecule has 0 saturated heterocycles. The van der Waals surface area contributed by atoms with Gasteiger partial charge in [-0.1, -0.05) is 6.92 Å². The van der Waals surface area contributed by atoms with Crippen LogP contribution in [-0.4, -0.2) is 13.0 Å². The molecule has 1 aliphatic carbocycles. The number of ether oxygens (including phenoxy) is 1. The molecule has 0 aliphatic heterocycles. The monoisotopic (exact) mass is 220 g/mol. The standard InChI is InChI=1S/C12H16N2O2/c1-7-5-9(7)12(15)14-11-4-3-8(16-2)6-10(11)13/h3-4,6-7,9H,5,13H2,1-2H3,(H,14,15). The summed E-state index contributed by atoms with van der Waals surface area (Å²) in [7, 11) is 1.58. The first-order valence-electron chi connectivity index (χ1n) is 5.36. The average molecular weight is 220 g/mol. The van der Waals surface area contributed by atoms with Crippen LogP contribution >= 0.6 is 0 Å². The summed E-state index contributed by atoms with van der Waals surface area (Å²) in [6.07, 6.45) is 0.974. The van der Waals surface area contributed by atoms with Crippen molar-refractivity contribution in [1.29, 1.82) is 0 Å². The molecular weight excluding hydrogens is 204 g/mol. The third-order valence-electron chi connectivity index (χ3n) is 2.96. The van der Waals surface area contributed by atoms with Crippen LogP contribution in [-0.2, 0) is 4.79 Å². The van der Waals surface area contributed by atoms with Crippen LogP contribution in [0.25, 0.3) is 0 Å². The van der Waals surface area contributed by atoms with Crippen molar-refractivity contribution >= 4 is 17.3 Å². The fourth-order valence-electron chi connectivity index (χ4n) is 1.69. The summed E-state index contributed by atoms with van der Waals surface area (Å²) in [6.45, 7) is 2.07. The van der Waals surface area contributed by atoms with Crippen molar-refractivity contribution in [2.45, 2.75) is 13.3 Å². The Labute approximate surface area is 94.8 Å². The number of hydrogen-bond acceptors (Lipinski definition) is 3. The Morgan fingerprint density at radius 2 is 2.25 bits per heavy atom. The highest BCUT2D eigenvalue weighted by Crippen LogP contribution is 2.39. The third kappa shape index (κ3) is 2.10. The van der Waals surface area contributed by atoms with Gasteiger partial charge in [-0.15, -0.1) is 0 Å². The van der Waals surface area contributed by atoms with Gasteiger partial charge in [0, 0.05) is 12.0 Å². The number of methoxy groups -OCH3 is 1. The van der Waals surface area contributed by atoms with E-state index in [0.29, 0.717) is 23.0 Å². The van der Waals surface area contributed by atoms with Crippen LogP contribution < -0.4 is 15.8 Å². The predicted molar refractivity (Wildman–Crippen MR) is 63.3 cm³/mol. The van der Waals surface area contributed by atoms with Gasteiger partial charge in [0.05, 0.1) is 18.5 Å². The molecule has 1 aromatic carbocycles. The van der Waals surface area contributed by atoms with Crippen LogP contribution in [0.2, 0.25) is 0 Å². The maximum Gasteiger partial charge on any atom is 0.227 e. The van der Waals surface area contributed by atoms with E-state index in [1.165, 1.54) is 0 Å². The van der Waals surface area contributed by atoms with Crippen molar-refractivity contribution in [3.63, 3.8) is 0 Å². The second-order valence-electron chi connectivity index (χ2n) is 4.26. The number of carbonyl (C=O) groups excluding carboxylic acids is 1. The molecule has 0 heterocycles. The Bertz CT molecular complexity index is 417. The fraction of sp³-hybridized carbons (Fsp3) is 0.417. The molecule has 0 aromatic heterocycles. The number of nitrogens with two attached hydrogens (primary N) is 1. The van der Waals surface area contributed by atoms with Crippen LogP contribution in [0.5, 0.6) is 5.75 Å². The minimum atomic E-state index is 0.0596. The molecule has 1 fully saturated rings. The molecule has 0 bridgehead atoms. The number of carbonyl (C=O) groups is 1. The zero-order valence-electron chi connectivity index (χ0n) is 9.49. The number of benzene rings is 1. The third-order valence-corrected chi connectivity index (χ3v) is 2.96. The molecule has 3 N–H and O–H groups in total. The molecule has 2 atom stereocenters. The Kier molecular flexibility index (Phi) is 2.73. The van der Waals surface area contributed by atoms with Gasteiger partial charge < -0.3 is 15.8 Å². The Morgan fingerprint density at radius 1 is 1.56 bits per heavy atom. The first-order chi connectivity index (χ1) is 7.61. The van der Waals surface area contributed by atoms with Crippen LogP contribution in [0.3, 0.4) is 0 Å². The quantitative estimate of drug-likeness (QED) is 0.764. The topological polar surface area (TPSA) is 64.3 Å². The van der Waals surface area contributed by atoms with E-state index in [0.717, 1.165) is 6.42 Å². The lowest BCUT2D eigenvalue weighted by Gasteiger charge is -2.09. The van der Waals surface area contributed by atoms with Crippen molar-refractivity contribution in [1.82, 2.24) is 0 Å². The minimum Gasteiger partial charge on any atom is -0.497 e. The number of rotatable bonds is 3. The highest BCUT2D eigenvalue weighted by Gasteiger charge is 2.39. The normalized spacial score (nSPS) is 22.6. The van der Waals surface area contributed by atoms with Crippen LogP contribution in [0, 0.1) is 11.8 Å².